The van der Waals surface area contributed by atoms with Crippen LogP contribution in [0.3, 0.4) is 0 Å². The zero-order valence-corrected chi connectivity index (χ0v) is 21.2. The fraction of sp³-hybridized carbons (Fsp3) is 0.680. The molecule has 0 bridgehead atoms. The molecule has 0 saturated carbocycles. The van der Waals surface area contributed by atoms with Crippen molar-refractivity contribution in [1.29, 1.82) is 0 Å². The molecule has 182 valence electrons. The Morgan fingerprint density at radius 2 is 1.79 bits per heavy atom. The van der Waals surface area contributed by atoms with E-state index in [4.69, 9.17) is 9.47 Å². The van der Waals surface area contributed by atoms with Crippen molar-refractivity contribution in [3.05, 3.63) is 28.7 Å². The second-order valence-corrected chi connectivity index (χ2v) is 10.6. The molecule has 3 aliphatic rings. The van der Waals surface area contributed by atoms with E-state index in [-0.39, 0.29) is 23.8 Å². The van der Waals surface area contributed by atoms with E-state index in [1.807, 2.05) is 34.1 Å². The lowest BCUT2D eigenvalue weighted by Gasteiger charge is -2.40. The van der Waals surface area contributed by atoms with Crippen LogP contribution in [0.1, 0.15) is 32.6 Å². The largest absolute Gasteiger partial charge is 0.490 e. The van der Waals surface area contributed by atoms with Gasteiger partial charge in [-0.3, -0.25) is 14.5 Å². The third kappa shape index (κ3) is 6.93. The number of halogens is 1. The van der Waals surface area contributed by atoms with Gasteiger partial charge in [0, 0.05) is 49.4 Å². The standard InChI is InChI=1S/C25H36BrN3O4/c1-19-5-8-27(9-6-19)18-25(31)29-10-7-23(33-22-4-2-3-21(26)16-22)20(17-29)15-24(30)28-11-13-32-14-12-28/h2-4,16,19-20,23H,5-15,17-18H2,1H3/t20-,23-/m0/s1. The van der Waals surface area contributed by atoms with Crippen LogP contribution in [0.15, 0.2) is 28.7 Å². The van der Waals surface area contributed by atoms with Crippen molar-refractivity contribution in [1.82, 2.24) is 14.7 Å². The molecule has 3 saturated heterocycles. The fourth-order valence-corrected chi connectivity index (χ4v) is 5.36. The van der Waals surface area contributed by atoms with Crippen molar-refractivity contribution in [2.75, 3.05) is 59.0 Å². The van der Waals surface area contributed by atoms with Gasteiger partial charge < -0.3 is 19.3 Å². The van der Waals surface area contributed by atoms with Crippen LogP contribution in [0.25, 0.3) is 0 Å². The number of rotatable bonds is 6. The molecular formula is C25H36BrN3O4. The molecule has 3 heterocycles. The molecule has 0 N–H and O–H groups in total. The number of amides is 2. The molecule has 3 aliphatic heterocycles. The molecule has 0 spiro atoms. The van der Waals surface area contributed by atoms with Crippen molar-refractivity contribution in [2.45, 2.75) is 38.7 Å². The lowest BCUT2D eigenvalue weighted by Crippen LogP contribution is -2.52. The van der Waals surface area contributed by atoms with Gasteiger partial charge in [-0.25, -0.2) is 0 Å². The van der Waals surface area contributed by atoms with Crippen LogP contribution in [-0.4, -0.2) is 91.6 Å². The van der Waals surface area contributed by atoms with Crippen molar-refractivity contribution < 1.29 is 19.1 Å². The zero-order valence-electron chi connectivity index (χ0n) is 19.6. The second-order valence-electron chi connectivity index (χ2n) is 9.66. The summed E-state index contributed by atoms with van der Waals surface area (Å²) in [6.07, 6.45) is 3.35. The van der Waals surface area contributed by atoms with E-state index in [9.17, 15) is 9.59 Å². The molecule has 0 unspecified atom stereocenters. The van der Waals surface area contributed by atoms with Crippen LogP contribution in [0.5, 0.6) is 5.75 Å². The van der Waals surface area contributed by atoms with Crippen LogP contribution in [0, 0.1) is 11.8 Å². The van der Waals surface area contributed by atoms with Crippen molar-refractivity contribution in [3.63, 3.8) is 0 Å². The predicted molar refractivity (Wildman–Crippen MR) is 130 cm³/mol. The molecule has 8 heteroatoms. The Labute approximate surface area is 205 Å². The number of ether oxygens (including phenoxy) is 2. The lowest BCUT2D eigenvalue weighted by atomic mass is 9.90. The molecule has 1 aromatic rings. The number of piperidine rings is 2. The van der Waals surface area contributed by atoms with E-state index in [1.54, 1.807) is 0 Å². The summed E-state index contributed by atoms with van der Waals surface area (Å²) < 4.78 is 12.7. The van der Waals surface area contributed by atoms with Gasteiger partial charge in [0.25, 0.3) is 0 Å². The molecule has 0 aliphatic carbocycles. The molecule has 3 fully saturated rings. The van der Waals surface area contributed by atoms with E-state index in [2.05, 4.69) is 27.8 Å². The second kappa shape index (κ2) is 11.7. The Morgan fingerprint density at radius 1 is 1.03 bits per heavy atom. The molecule has 7 nitrogen and oxygen atoms in total. The van der Waals surface area contributed by atoms with E-state index in [0.717, 1.165) is 48.5 Å². The number of nitrogens with zero attached hydrogens (tertiary/aromatic N) is 3. The van der Waals surface area contributed by atoms with Gasteiger partial charge in [-0.05, 0) is 50.0 Å². The van der Waals surface area contributed by atoms with E-state index >= 15 is 0 Å². The summed E-state index contributed by atoms with van der Waals surface area (Å²) in [6.45, 7) is 8.45. The van der Waals surface area contributed by atoms with Gasteiger partial charge in [0.05, 0.1) is 19.8 Å². The highest BCUT2D eigenvalue weighted by Gasteiger charge is 2.36. The van der Waals surface area contributed by atoms with Crippen LogP contribution >= 0.6 is 15.9 Å². The number of carbonyl (C=O) groups excluding carboxylic acids is 2. The summed E-state index contributed by atoms with van der Waals surface area (Å²) in [7, 11) is 0. The number of carbonyl (C=O) groups is 2. The highest BCUT2D eigenvalue weighted by molar-refractivity contribution is 9.10. The molecule has 0 radical (unpaired) electrons. The van der Waals surface area contributed by atoms with E-state index in [1.165, 1.54) is 0 Å². The van der Waals surface area contributed by atoms with Crippen LogP contribution in [0.4, 0.5) is 0 Å². The quantitative estimate of drug-likeness (QED) is 0.575. The van der Waals surface area contributed by atoms with Gasteiger partial charge in [0.15, 0.2) is 0 Å². The van der Waals surface area contributed by atoms with Gasteiger partial charge in [-0.1, -0.05) is 28.9 Å². The maximum atomic E-state index is 13.1. The SMILES string of the molecule is CC1CCN(CC(=O)N2CC[C@H](Oc3cccc(Br)c3)[C@@H](CC(=O)N3CCOCC3)C2)CC1. The van der Waals surface area contributed by atoms with Crippen molar-refractivity contribution in [2.24, 2.45) is 11.8 Å². The third-order valence-corrected chi connectivity index (χ3v) is 7.63. The van der Waals surface area contributed by atoms with E-state index < -0.39 is 0 Å². The zero-order chi connectivity index (χ0) is 23.2. The first kappa shape index (κ1) is 24.5. The number of benzene rings is 1. The minimum absolute atomic E-state index is 0.0293. The van der Waals surface area contributed by atoms with Gasteiger partial charge in [0.2, 0.25) is 11.8 Å². The molecule has 2 amide bonds. The van der Waals surface area contributed by atoms with Crippen molar-refractivity contribution in [3.8, 4) is 5.75 Å². The van der Waals surface area contributed by atoms with Crippen LogP contribution in [-0.2, 0) is 14.3 Å². The first-order valence-corrected chi connectivity index (χ1v) is 13.0. The molecule has 1 aromatic carbocycles. The summed E-state index contributed by atoms with van der Waals surface area (Å²) in [5, 5.41) is 0. The maximum absolute atomic E-state index is 13.1. The Hall–Kier alpha value is -1.64. The highest BCUT2D eigenvalue weighted by atomic mass is 79.9. The van der Waals surface area contributed by atoms with Crippen LogP contribution in [0.2, 0.25) is 0 Å². The van der Waals surface area contributed by atoms with E-state index in [0.29, 0.717) is 52.4 Å². The third-order valence-electron chi connectivity index (χ3n) is 7.14. The Bertz CT molecular complexity index is 809. The van der Waals surface area contributed by atoms with Crippen molar-refractivity contribution >= 4 is 27.7 Å². The molecule has 2 atom stereocenters. The summed E-state index contributed by atoms with van der Waals surface area (Å²) in [6, 6.07) is 7.82. The number of hydrogen-bond acceptors (Lipinski definition) is 5. The normalized spacial score (nSPS) is 25.2. The highest BCUT2D eigenvalue weighted by Crippen LogP contribution is 2.28. The molecule has 4 rings (SSSR count). The smallest absolute Gasteiger partial charge is 0.236 e. The summed E-state index contributed by atoms with van der Waals surface area (Å²) in [5.74, 6) is 1.82. The average Bonchev–Trinajstić information content (AvgIpc) is 2.82. The Kier molecular flexibility index (Phi) is 8.66. The number of hydrogen-bond donors (Lipinski definition) is 0. The monoisotopic (exact) mass is 521 g/mol. The lowest BCUT2D eigenvalue weighted by molar-refractivity contribution is -0.142. The maximum Gasteiger partial charge on any atom is 0.236 e. The van der Waals surface area contributed by atoms with Gasteiger partial charge in [0.1, 0.15) is 11.9 Å². The minimum Gasteiger partial charge on any atom is -0.490 e. The molecule has 0 aromatic heterocycles. The molecule has 33 heavy (non-hydrogen) atoms. The fourth-order valence-electron chi connectivity index (χ4n) is 4.98. The average molecular weight is 522 g/mol. The first-order chi connectivity index (χ1) is 16.0. The topological polar surface area (TPSA) is 62.3 Å². The first-order valence-electron chi connectivity index (χ1n) is 12.3. The Balaban J connectivity index is 1.40. The molecular weight excluding hydrogens is 486 g/mol. The number of likely N-dealkylation sites (tertiary alicyclic amines) is 2. The predicted octanol–water partition coefficient (Wildman–Crippen LogP) is 3.03. The van der Waals surface area contributed by atoms with Gasteiger partial charge in [-0.2, -0.15) is 0 Å². The van der Waals surface area contributed by atoms with Gasteiger partial charge in [-0.15, -0.1) is 0 Å². The van der Waals surface area contributed by atoms with Crippen LogP contribution < -0.4 is 4.74 Å². The minimum atomic E-state index is -0.0934. The Morgan fingerprint density at radius 3 is 2.52 bits per heavy atom. The summed E-state index contributed by atoms with van der Waals surface area (Å²) in [4.78, 5) is 32.3. The summed E-state index contributed by atoms with van der Waals surface area (Å²) in [5.41, 5.74) is 0. The van der Waals surface area contributed by atoms with Gasteiger partial charge >= 0.3 is 0 Å². The summed E-state index contributed by atoms with van der Waals surface area (Å²) >= 11 is 3.50. The number of morpholine rings is 1.